The van der Waals surface area contributed by atoms with Gasteiger partial charge in [-0.15, -0.1) is 0 Å². The van der Waals surface area contributed by atoms with E-state index in [1.165, 1.54) is 0 Å². The molecule has 1 fully saturated rings. The van der Waals surface area contributed by atoms with Crippen LogP contribution < -0.4 is 15.8 Å². The second-order valence-electron chi connectivity index (χ2n) is 4.56. The quantitative estimate of drug-likeness (QED) is 0.821. The van der Waals surface area contributed by atoms with E-state index in [9.17, 15) is 4.79 Å². The first kappa shape index (κ1) is 11.9. The lowest BCUT2D eigenvalue weighted by Crippen LogP contribution is -2.44. The number of carbonyl (C=O) groups excluding carboxylic acids is 1. The highest BCUT2D eigenvalue weighted by molar-refractivity contribution is 5.82. The third kappa shape index (κ3) is 2.26. The van der Waals surface area contributed by atoms with Gasteiger partial charge in [-0.05, 0) is 25.8 Å². The molecule has 2 rings (SSSR count). The Morgan fingerprint density at radius 1 is 1.47 bits per heavy atom. The lowest BCUT2D eigenvalue weighted by Gasteiger charge is -2.21. The van der Waals surface area contributed by atoms with E-state index in [4.69, 9.17) is 10.5 Å². The summed E-state index contributed by atoms with van der Waals surface area (Å²) in [5, 5.41) is 3.01. The molecule has 1 aliphatic carbocycles. The highest BCUT2D eigenvalue weighted by atomic mass is 16.5. The van der Waals surface area contributed by atoms with Crippen LogP contribution in [0.25, 0.3) is 0 Å². The Morgan fingerprint density at radius 2 is 2.12 bits per heavy atom. The summed E-state index contributed by atoms with van der Waals surface area (Å²) in [6.07, 6.45) is 1.87. The van der Waals surface area contributed by atoms with Crippen molar-refractivity contribution >= 4 is 5.91 Å². The van der Waals surface area contributed by atoms with Gasteiger partial charge in [-0.2, -0.15) is 0 Å². The van der Waals surface area contributed by atoms with Crippen molar-refractivity contribution in [2.45, 2.75) is 31.3 Å². The molecule has 1 saturated carbocycles. The molecular formula is C13H18N2O2. The molecule has 3 N–H and O–H groups in total. The van der Waals surface area contributed by atoms with E-state index in [0.29, 0.717) is 0 Å². The molecule has 0 aliphatic heterocycles. The zero-order chi connectivity index (χ0) is 12.5. The number of methoxy groups -OCH3 is 1. The van der Waals surface area contributed by atoms with Crippen LogP contribution in [0.3, 0.4) is 0 Å². The molecule has 0 heterocycles. The average molecular weight is 234 g/mol. The van der Waals surface area contributed by atoms with E-state index in [2.05, 4.69) is 5.32 Å². The van der Waals surface area contributed by atoms with Crippen LogP contribution in [0.1, 0.15) is 25.3 Å². The minimum absolute atomic E-state index is 0.117. The van der Waals surface area contributed by atoms with Gasteiger partial charge in [-0.25, -0.2) is 0 Å². The molecule has 4 nitrogen and oxygen atoms in total. The van der Waals surface area contributed by atoms with Crippen molar-refractivity contribution in [2.24, 2.45) is 5.73 Å². The van der Waals surface area contributed by atoms with Gasteiger partial charge in [0, 0.05) is 5.56 Å². The van der Waals surface area contributed by atoms with E-state index in [0.717, 1.165) is 24.2 Å². The highest BCUT2D eigenvalue weighted by Gasteiger charge is 2.47. The number of hydrogen-bond acceptors (Lipinski definition) is 3. The van der Waals surface area contributed by atoms with Gasteiger partial charge >= 0.3 is 0 Å². The summed E-state index contributed by atoms with van der Waals surface area (Å²) in [7, 11) is 1.64. The van der Waals surface area contributed by atoms with Crippen LogP contribution in [0.4, 0.5) is 0 Å². The van der Waals surface area contributed by atoms with Gasteiger partial charge in [0.25, 0.3) is 0 Å². The molecule has 0 bridgehead atoms. The Hall–Kier alpha value is -1.55. The fourth-order valence-corrected chi connectivity index (χ4v) is 1.98. The van der Waals surface area contributed by atoms with Gasteiger partial charge < -0.3 is 15.8 Å². The number of nitrogens with one attached hydrogen (secondary N) is 1. The molecule has 1 atom stereocenters. The highest BCUT2D eigenvalue weighted by Crippen LogP contribution is 2.48. The fraction of sp³-hybridized carbons (Fsp3) is 0.462. The van der Waals surface area contributed by atoms with E-state index in [1.807, 2.05) is 24.3 Å². The van der Waals surface area contributed by atoms with Crippen molar-refractivity contribution in [3.63, 3.8) is 0 Å². The normalized spacial score (nSPS) is 18.3. The minimum atomic E-state index is -0.484. The number of nitrogens with two attached hydrogens (primary N) is 1. The van der Waals surface area contributed by atoms with Gasteiger partial charge in [-0.1, -0.05) is 18.2 Å². The maximum atomic E-state index is 11.7. The van der Waals surface area contributed by atoms with Crippen LogP contribution in [-0.4, -0.2) is 19.1 Å². The number of amides is 1. The van der Waals surface area contributed by atoms with Gasteiger partial charge in [0.2, 0.25) is 5.91 Å². The number of benzene rings is 1. The number of carbonyl (C=O) groups is 1. The first-order valence-corrected chi connectivity index (χ1v) is 5.80. The molecule has 17 heavy (non-hydrogen) atoms. The lowest BCUT2D eigenvalue weighted by atomic mass is 10.0. The standard InChI is InChI=1S/C13H18N2O2/c1-9(14)12(16)15-13(7-8-13)10-5-3-4-6-11(10)17-2/h3-6,9H,7-8,14H2,1-2H3,(H,15,16). The number of hydrogen-bond donors (Lipinski definition) is 2. The van der Waals surface area contributed by atoms with Crippen molar-refractivity contribution in [3.05, 3.63) is 29.8 Å². The average Bonchev–Trinajstić information content (AvgIpc) is 3.09. The van der Waals surface area contributed by atoms with Crippen LogP contribution in [0.15, 0.2) is 24.3 Å². The summed E-state index contributed by atoms with van der Waals surface area (Å²) < 4.78 is 5.33. The molecule has 0 radical (unpaired) electrons. The van der Waals surface area contributed by atoms with E-state index >= 15 is 0 Å². The van der Waals surface area contributed by atoms with Crippen LogP contribution in [0.5, 0.6) is 5.75 Å². The van der Waals surface area contributed by atoms with Crippen molar-refractivity contribution < 1.29 is 9.53 Å². The van der Waals surface area contributed by atoms with Gasteiger partial charge in [0.1, 0.15) is 5.75 Å². The Bertz CT molecular complexity index is 425. The maximum absolute atomic E-state index is 11.7. The summed E-state index contributed by atoms with van der Waals surface area (Å²) in [6.45, 7) is 1.69. The van der Waals surface area contributed by atoms with E-state index in [-0.39, 0.29) is 11.4 Å². The number of rotatable bonds is 4. The summed E-state index contributed by atoms with van der Waals surface area (Å²) in [5.74, 6) is 0.698. The van der Waals surface area contributed by atoms with E-state index in [1.54, 1.807) is 14.0 Å². The molecule has 0 aromatic heterocycles. The van der Waals surface area contributed by atoms with Gasteiger partial charge in [0.05, 0.1) is 18.7 Å². The van der Waals surface area contributed by atoms with E-state index < -0.39 is 6.04 Å². The predicted octanol–water partition coefficient (Wildman–Crippen LogP) is 1.15. The van der Waals surface area contributed by atoms with Crippen molar-refractivity contribution in [1.82, 2.24) is 5.32 Å². The first-order valence-electron chi connectivity index (χ1n) is 5.80. The van der Waals surface area contributed by atoms with Crippen LogP contribution in [0.2, 0.25) is 0 Å². The largest absolute Gasteiger partial charge is 0.496 e. The predicted molar refractivity (Wildman–Crippen MR) is 65.7 cm³/mol. The second kappa shape index (κ2) is 4.37. The molecular weight excluding hydrogens is 216 g/mol. The summed E-state index contributed by atoms with van der Waals surface area (Å²) in [5.41, 5.74) is 6.35. The molecule has 1 aliphatic rings. The Kier molecular flexibility index (Phi) is 3.07. The zero-order valence-electron chi connectivity index (χ0n) is 10.2. The topological polar surface area (TPSA) is 64.3 Å². The SMILES string of the molecule is COc1ccccc1C1(NC(=O)C(C)N)CC1. The van der Waals surface area contributed by atoms with Crippen molar-refractivity contribution in [1.29, 1.82) is 0 Å². The molecule has 0 spiro atoms. The first-order chi connectivity index (χ1) is 8.09. The van der Waals surface area contributed by atoms with Crippen LogP contribution >= 0.6 is 0 Å². The molecule has 1 aromatic rings. The third-order valence-electron chi connectivity index (χ3n) is 3.15. The van der Waals surface area contributed by atoms with Crippen molar-refractivity contribution in [2.75, 3.05) is 7.11 Å². The van der Waals surface area contributed by atoms with Crippen LogP contribution in [-0.2, 0) is 10.3 Å². The molecule has 4 heteroatoms. The Balaban J connectivity index is 2.24. The lowest BCUT2D eigenvalue weighted by molar-refractivity contribution is -0.123. The number of ether oxygens (including phenoxy) is 1. The fourth-order valence-electron chi connectivity index (χ4n) is 1.98. The smallest absolute Gasteiger partial charge is 0.237 e. The Labute approximate surface area is 101 Å². The van der Waals surface area contributed by atoms with Crippen molar-refractivity contribution in [3.8, 4) is 5.75 Å². The molecule has 0 saturated heterocycles. The summed E-state index contributed by atoms with van der Waals surface area (Å²) >= 11 is 0. The number of para-hydroxylation sites is 1. The zero-order valence-corrected chi connectivity index (χ0v) is 10.2. The maximum Gasteiger partial charge on any atom is 0.237 e. The van der Waals surface area contributed by atoms with Gasteiger partial charge in [0.15, 0.2) is 0 Å². The summed E-state index contributed by atoms with van der Waals surface area (Å²) in [4.78, 5) is 11.7. The van der Waals surface area contributed by atoms with Crippen LogP contribution in [0, 0.1) is 0 Å². The molecule has 1 amide bonds. The Morgan fingerprint density at radius 3 is 2.65 bits per heavy atom. The molecule has 1 unspecified atom stereocenters. The molecule has 1 aromatic carbocycles. The monoisotopic (exact) mass is 234 g/mol. The third-order valence-corrected chi connectivity index (χ3v) is 3.15. The summed E-state index contributed by atoms with van der Waals surface area (Å²) in [6, 6.07) is 7.30. The molecule has 92 valence electrons. The van der Waals surface area contributed by atoms with Gasteiger partial charge in [-0.3, -0.25) is 4.79 Å². The second-order valence-corrected chi connectivity index (χ2v) is 4.56. The minimum Gasteiger partial charge on any atom is -0.496 e.